The van der Waals surface area contributed by atoms with Crippen molar-refractivity contribution in [2.75, 3.05) is 13.1 Å². The Balaban J connectivity index is 2.89. The fraction of sp³-hybridized carbons (Fsp3) is 0.625. The topological polar surface area (TPSA) is 21.3 Å². The highest BCUT2D eigenvalue weighted by atomic mass is 16.5. The summed E-state index contributed by atoms with van der Waals surface area (Å²) in [6.07, 6.45) is 0.188. The molecule has 2 heteroatoms. The number of aryl methyl sites for hydroxylation is 1. The zero-order valence-corrected chi connectivity index (χ0v) is 12.6. The SMILES string of the molecule is CCNCC(C)Oc1cc(C)ccc1C(C)(C)C. The summed E-state index contributed by atoms with van der Waals surface area (Å²) in [6, 6.07) is 6.48. The predicted molar refractivity (Wildman–Crippen MR) is 78.5 cm³/mol. The molecule has 0 saturated heterocycles. The molecule has 0 aliphatic carbocycles. The van der Waals surface area contributed by atoms with Crippen molar-refractivity contribution in [2.24, 2.45) is 0 Å². The second-order valence-corrected chi connectivity index (χ2v) is 5.99. The minimum Gasteiger partial charge on any atom is -0.489 e. The van der Waals surface area contributed by atoms with E-state index in [0.717, 1.165) is 18.8 Å². The summed E-state index contributed by atoms with van der Waals surface area (Å²) in [5.74, 6) is 1.02. The van der Waals surface area contributed by atoms with Crippen LogP contribution in [0.5, 0.6) is 5.75 Å². The molecule has 2 nitrogen and oxygen atoms in total. The van der Waals surface area contributed by atoms with E-state index < -0.39 is 0 Å². The van der Waals surface area contributed by atoms with Crippen LogP contribution >= 0.6 is 0 Å². The molecular formula is C16H27NO. The quantitative estimate of drug-likeness (QED) is 0.859. The van der Waals surface area contributed by atoms with E-state index in [-0.39, 0.29) is 11.5 Å². The van der Waals surface area contributed by atoms with Crippen LogP contribution in [0.2, 0.25) is 0 Å². The van der Waals surface area contributed by atoms with Gasteiger partial charge in [0.2, 0.25) is 0 Å². The van der Waals surface area contributed by atoms with Crippen LogP contribution in [0, 0.1) is 6.92 Å². The molecule has 0 heterocycles. The summed E-state index contributed by atoms with van der Waals surface area (Å²) in [4.78, 5) is 0. The van der Waals surface area contributed by atoms with Crippen molar-refractivity contribution >= 4 is 0 Å². The zero-order valence-electron chi connectivity index (χ0n) is 12.6. The van der Waals surface area contributed by atoms with Gasteiger partial charge in [-0.3, -0.25) is 0 Å². The monoisotopic (exact) mass is 249 g/mol. The first-order valence-electron chi connectivity index (χ1n) is 6.83. The highest BCUT2D eigenvalue weighted by molar-refractivity contribution is 5.41. The Kier molecular flexibility index (Phi) is 5.21. The molecule has 0 aromatic heterocycles. The molecule has 0 fully saturated rings. The highest BCUT2D eigenvalue weighted by Crippen LogP contribution is 2.32. The maximum absolute atomic E-state index is 6.09. The smallest absolute Gasteiger partial charge is 0.123 e. The number of ether oxygens (including phenoxy) is 1. The molecule has 0 bridgehead atoms. The van der Waals surface area contributed by atoms with Crippen molar-refractivity contribution in [1.82, 2.24) is 5.32 Å². The molecule has 1 rings (SSSR count). The molecule has 18 heavy (non-hydrogen) atoms. The maximum atomic E-state index is 6.09. The van der Waals surface area contributed by atoms with Gasteiger partial charge in [0.15, 0.2) is 0 Å². The van der Waals surface area contributed by atoms with Gasteiger partial charge in [0.25, 0.3) is 0 Å². The zero-order chi connectivity index (χ0) is 13.8. The average Bonchev–Trinajstić information content (AvgIpc) is 2.24. The molecular weight excluding hydrogens is 222 g/mol. The number of hydrogen-bond acceptors (Lipinski definition) is 2. The Hall–Kier alpha value is -1.02. The van der Waals surface area contributed by atoms with Crippen LogP contribution in [-0.4, -0.2) is 19.2 Å². The van der Waals surface area contributed by atoms with E-state index in [0.29, 0.717) is 0 Å². The van der Waals surface area contributed by atoms with Gasteiger partial charge in [-0.15, -0.1) is 0 Å². The predicted octanol–water partition coefficient (Wildman–Crippen LogP) is 3.67. The molecule has 1 aromatic rings. The fourth-order valence-corrected chi connectivity index (χ4v) is 1.95. The van der Waals surface area contributed by atoms with Crippen LogP contribution in [0.3, 0.4) is 0 Å². The van der Waals surface area contributed by atoms with Crippen molar-refractivity contribution in [1.29, 1.82) is 0 Å². The molecule has 0 amide bonds. The van der Waals surface area contributed by atoms with Crippen molar-refractivity contribution in [3.8, 4) is 5.75 Å². The van der Waals surface area contributed by atoms with Gasteiger partial charge in [0.05, 0.1) is 0 Å². The van der Waals surface area contributed by atoms with Gasteiger partial charge in [0, 0.05) is 6.54 Å². The molecule has 1 aromatic carbocycles. The number of rotatable bonds is 5. The highest BCUT2D eigenvalue weighted by Gasteiger charge is 2.20. The van der Waals surface area contributed by atoms with Crippen LogP contribution in [0.25, 0.3) is 0 Å². The Bertz CT molecular complexity index is 379. The second kappa shape index (κ2) is 6.24. The van der Waals surface area contributed by atoms with Gasteiger partial charge in [-0.1, -0.05) is 39.8 Å². The average molecular weight is 249 g/mol. The number of benzene rings is 1. The normalized spacial score (nSPS) is 13.4. The molecule has 1 unspecified atom stereocenters. The van der Waals surface area contributed by atoms with Crippen molar-refractivity contribution < 1.29 is 4.74 Å². The van der Waals surface area contributed by atoms with E-state index in [1.54, 1.807) is 0 Å². The standard InChI is InChI=1S/C16H27NO/c1-7-17-11-13(3)18-15-10-12(2)8-9-14(15)16(4,5)6/h8-10,13,17H,7,11H2,1-6H3. The summed E-state index contributed by atoms with van der Waals surface area (Å²) >= 11 is 0. The minimum atomic E-state index is 0.112. The summed E-state index contributed by atoms with van der Waals surface area (Å²) in [6.45, 7) is 14.9. The Morgan fingerprint density at radius 1 is 1.28 bits per heavy atom. The maximum Gasteiger partial charge on any atom is 0.123 e. The van der Waals surface area contributed by atoms with Crippen molar-refractivity contribution in [3.63, 3.8) is 0 Å². The minimum absolute atomic E-state index is 0.112. The van der Waals surface area contributed by atoms with E-state index in [9.17, 15) is 0 Å². The van der Waals surface area contributed by atoms with Crippen LogP contribution in [0.4, 0.5) is 0 Å². The lowest BCUT2D eigenvalue weighted by atomic mass is 9.86. The molecule has 0 spiro atoms. The van der Waals surface area contributed by atoms with Crippen LogP contribution in [0.1, 0.15) is 45.7 Å². The molecule has 0 saturated carbocycles. The second-order valence-electron chi connectivity index (χ2n) is 5.99. The summed E-state index contributed by atoms with van der Waals surface area (Å²) in [7, 11) is 0. The summed E-state index contributed by atoms with van der Waals surface area (Å²) < 4.78 is 6.09. The lowest BCUT2D eigenvalue weighted by molar-refractivity contribution is 0.213. The largest absolute Gasteiger partial charge is 0.489 e. The number of nitrogens with one attached hydrogen (secondary N) is 1. The molecule has 0 aliphatic rings. The van der Waals surface area contributed by atoms with E-state index in [1.807, 2.05) is 0 Å². The molecule has 0 aliphatic heterocycles. The third-order valence-corrected chi connectivity index (χ3v) is 2.96. The van der Waals surface area contributed by atoms with Gasteiger partial charge in [0.1, 0.15) is 11.9 Å². The van der Waals surface area contributed by atoms with E-state index in [4.69, 9.17) is 4.74 Å². The Morgan fingerprint density at radius 2 is 1.94 bits per heavy atom. The fourth-order valence-electron chi connectivity index (χ4n) is 1.95. The summed E-state index contributed by atoms with van der Waals surface area (Å²) in [5, 5.41) is 3.32. The van der Waals surface area contributed by atoms with Gasteiger partial charge < -0.3 is 10.1 Å². The Morgan fingerprint density at radius 3 is 2.50 bits per heavy atom. The first kappa shape index (κ1) is 15.0. The molecule has 1 atom stereocenters. The first-order valence-corrected chi connectivity index (χ1v) is 6.83. The van der Waals surface area contributed by atoms with E-state index in [1.165, 1.54) is 11.1 Å². The first-order chi connectivity index (χ1) is 8.34. The third kappa shape index (κ3) is 4.34. The lowest BCUT2D eigenvalue weighted by Gasteiger charge is -2.25. The number of likely N-dealkylation sites (N-methyl/N-ethyl adjacent to an activating group) is 1. The van der Waals surface area contributed by atoms with Gasteiger partial charge >= 0.3 is 0 Å². The third-order valence-electron chi connectivity index (χ3n) is 2.96. The lowest BCUT2D eigenvalue weighted by Crippen LogP contribution is -2.29. The van der Waals surface area contributed by atoms with Crippen molar-refractivity contribution in [3.05, 3.63) is 29.3 Å². The molecule has 102 valence electrons. The van der Waals surface area contributed by atoms with E-state index >= 15 is 0 Å². The Labute approximate surface area is 112 Å². The van der Waals surface area contributed by atoms with Gasteiger partial charge in [-0.25, -0.2) is 0 Å². The summed E-state index contributed by atoms with van der Waals surface area (Å²) in [5.41, 5.74) is 2.63. The molecule has 0 radical (unpaired) electrons. The molecule has 1 N–H and O–H groups in total. The van der Waals surface area contributed by atoms with Crippen LogP contribution in [-0.2, 0) is 5.41 Å². The van der Waals surface area contributed by atoms with E-state index in [2.05, 4.69) is 65.1 Å². The number of hydrogen-bond donors (Lipinski definition) is 1. The van der Waals surface area contributed by atoms with Gasteiger partial charge in [-0.05, 0) is 43.0 Å². The van der Waals surface area contributed by atoms with Crippen LogP contribution in [0.15, 0.2) is 18.2 Å². The van der Waals surface area contributed by atoms with Crippen LogP contribution < -0.4 is 10.1 Å². The van der Waals surface area contributed by atoms with Crippen molar-refractivity contribution in [2.45, 2.75) is 53.1 Å². The van der Waals surface area contributed by atoms with Gasteiger partial charge in [-0.2, -0.15) is 0 Å².